The Kier molecular flexibility index (Phi) is 7.42. The van der Waals surface area contributed by atoms with Gasteiger partial charge in [0.2, 0.25) is 0 Å². The SMILES string of the molecule is COC(=O)C1=CC(O)CC2C(C)(CC(OC3OC(CO)C(O)C(O)C3O)c3ccoc3)C3CC(OC3=O)C12C. The van der Waals surface area contributed by atoms with Gasteiger partial charge in [-0.2, -0.15) is 0 Å². The first-order valence-corrected chi connectivity index (χ1v) is 13.1. The average molecular weight is 553 g/mol. The molecule has 12 unspecified atom stereocenters. The number of hydrogen-bond acceptors (Lipinski definition) is 12. The molecule has 3 heterocycles. The maximum Gasteiger partial charge on any atom is 0.334 e. The monoisotopic (exact) mass is 552 g/mol. The number of aliphatic hydroxyl groups excluding tert-OH is 5. The van der Waals surface area contributed by atoms with Crippen molar-refractivity contribution in [3.63, 3.8) is 0 Å². The highest BCUT2D eigenvalue weighted by atomic mass is 16.7. The van der Waals surface area contributed by atoms with Gasteiger partial charge in [-0.1, -0.05) is 13.8 Å². The molecule has 12 heteroatoms. The van der Waals surface area contributed by atoms with Crippen LogP contribution < -0.4 is 0 Å². The molecular weight excluding hydrogens is 516 g/mol. The molecule has 0 aromatic carbocycles. The molecule has 3 fully saturated rings. The normalized spacial score (nSPS) is 44.3. The van der Waals surface area contributed by atoms with Gasteiger partial charge in [-0.15, -0.1) is 0 Å². The van der Waals surface area contributed by atoms with Crippen LogP contribution in [0.4, 0.5) is 0 Å². The van der Waals surface area contributed by atoms with E-state index >= 15 is 0 Å². The quantitative estimate of drug-likeness (QED) is 0.285. The fraction of sp³-hybridized carbons (Fsp3) is 0.704. The molecule has 12 nitrogen and oxygen atoms in total. The van der Waals surface area contributed by atoms with Crippen molar-refractivity contribution in [3.05, 3.63) is 35.8 Å². The van der Waals surface area contributed by atoms with Crippen molar-refractivity contribution in [2.24, 2.45) is 22.7 Å². The summed E-state index contributed by atoms with van der Waals surface area (Å²) < 4.78 is 28.0. The lowest BCUT2D eigenvalue weighted by molar-refractivity contribution is -0.315. The van der Waals surface area contributed by atoms with E-state index in [1.165, 1.54) is 25.7 Å². The first-order chi connectivity index (χ1) is 18.4. The van der Waals surface area contributed by atoms with Crippen LogP contribution in [0.5, 0.6) is 0 Å². The summed E-state index contributed by atoms with van der Waals surface area (Å²) in [5.74, 6) is -2.00. The molecule has 5 rings (SSSR count). The zero-order chi connectivity index (χ0) is 28.3. The van der Waals surface area contributed by atoms with Gasteiger partial charge in [0, 0.05) is 16.6 Å². The largest absolute Gasteiger partial charge is 0.472 e. The predicted molar refractivity (Wildman–Crippen MR) is 129 cm³/mol. The Balaban J connectivity index is 1.53. The van der Waals surface area contributed by atoms with E-state index in [0.717, 1.165) is 0 Å². The predicted octanol–water partition coefficient (Wildman–Crippen LogP) is -0.0346. The minimum atomic E-state index is -1.63. The lowest BCUT2D eigenvalue weighted by Crippen LogP contribution is -2.60. The second-order valence-electron chi connectivity index (χ2n) is 11.5. The van der Waals surface area contributed by atoms with Gasteiger partial charge in [-0.3, -0.25) is 4.79 Å². The third-order valence-corrected chi connectivity index (χ3v) is 9.49. The highest BCUT2D eigenvalue weighted by molar-refractivity contribution is 5.91. The van der Waals surface area contributed by atoms with Crippen LogP contribution in [0.25, 0.3) is 0 Å². The van der Waals surface area contributed by atoms with Gasteiger partial charge in [0.15, 0.2) is 6.29 Å². The molecule has 2 aliphatic carbocycles. The topological polar surface area (TPSA) is 185 Å². The van der Waals surface area contributed by atoms with Crippen LogP contribution in [0.1, 0.15) is 44.8 Å². The molecule has 4 aliphatic rings. The number of aliphatic hydroxyl groups is 5. The molecule has 12 atom stereocenters. The van der Waals surface area contributed by atoms with Crippen molar-refractivity contribution in [2.45, 2.75) is 82.1 Å². The Labute approximate surface area is 225 Å². The smallest absolute Gasteiger partial charge is 0.334 e. The molecular formula is C27H36O12. The zero-order valence-corrected chi connectivity index (χ0v) is 22.0. The summed E-state index contributed by atoms with van der Waals surface area (Å²) in [6.07, 6.45) is -4.65. The number of carbonyl (C=O) groups is 2. The molecule has 1 saturated carbocycles. The van der Waals surface area contributed by atoms with Crippen LogP contribution in [0.3, 0.4) is 0 Å². The van der Waals surface area contributed by atoms with Crippen molar-refractivity contribution >= 4 is 11.9 Å². The molecule has 216 valence electrons. The number of hydrogen-bond donors (Lipinski definition) is 5. The summed E-state index contributed by atoms with van der Waals surface area (Å²) in [6, 6.07) is 1.66. The van der Waals surface area contributed by atoms with Crippen LogP contribution in [0.2, 0.25) is 0 Å². The van der Waals surface area contributed by atoms with Gasteiger partial charge in [0.25, 0.3) is 0 Å². The van der Waals surface area contributed by atoms with E-state index in [2.05, 4.69) is 0 Å². The first kappa shape index (κ1) is 28.2. The van der Waals surface area contributed by atoms with Crippen LogP contribution in [-0.4, -0.2) is 94.1 Å². The Hall–Kier alpha value is -2.32. The third-order valence-electron chi connectivity index (χ3n) is 9.49. The van der Waals surface area contributed by atoms with E-state index in [0.29, 0.717) is 12.0 Å². The van der Waals surface area contributed by atoms with E-state index in [4.69, 9.17) is 23.4 Å². The van der Waals surface area contributed by atoms with E-state index in [-0.39, 0.29) is 18.4 Å². The Bertz CT molecular complexity index is 1100. The summed E-state index contributed by atoms with van der Waals surface area (Å²) in [7, 11) is 1.26. The highest BCUT2D eigenvalue weighted by Gasteiger charge is 2.68. The molecule has 2 aliphatic heterocycles. The molecule has 39 heavy (non-hydrogen) atoms. The van der Waals surface area contributed by atoms with E-state index < -0.39 is 90.2 Å². The lowest BCUT2D eigenvalue weighted by Gasteiger charge is -2.57. The average Bonchev–Trinajstić information content (AvgIpc) is 3.58. The van der Waals surface area contributed by atoms with Gasteiger partial charge < -0.3 is 48.9 Å². The number of esters is 2. The van der Waals surface area contributed by atoms with Crippen LogP contribution in [-0.2, 0) is 28.5 Å². The third kappa shape index (κ3) is 4.42. The van der Waals surface area contributed by atoms with E-state index in [1.54, 1.807) is 6.07 Å². The van der Waals surface area contributed by atoms with Gasteiger partial charge >= 0.3 is 11.9 Å². The summed E-state index contributed by atoms with van der Waals surface area (Å²) in [4.78, 5) is 26.1. The van der Waals surface area contributed by atoms with Crippen LogP contribution >= 0.6 is 0 Å². The molecule has 0 amide bonds. The molecule has 0 radical (unpaired) electrons. The molecule has 1 aromatic heterocycles. The molecule has 0 spiro atoms. The van der Waals surface area contributed by atoms with Crippen molar-refractivity contribution < 1.29 is 58.5 Å². The highest BCUT2D eigenvalue weighted by Crippen LogP contribution is 2.66. The maximum atomic E-state index is 13.2. The van der Waals surface area contributed by atoms with E-state index in [1.807, 2.05) is 13.8 Å². The van der Waals surface area contributed by atoms with Crippen LogP contribution in [0, 0.1) is 22.7 Å². The molecule has 1 aromatic rings. The minimum Gasteiger partial charge on any atom is -0.472 e. The van der Waals surface area contributed by atoms with Crippen molar-refractivity contribution in [3.8, 4) is 0 Å². The van der Waals surface area contributed by atoms with Crippen LogP contribution in [0.15, 0.2) is 34.7 Å². The first-order valence-electron chi connectivity index (χ1n) is 13.1. The number of ether oxygens (including phenoxy) is 4. The van der Waals surface area contributed by atoms with Crippen molar-refractivity contribution in [1.29, 1.82) is 0 Å². The van der Waals surface area contributed by atoms with Gasteiger partial charge in [0.05, 0.1) is 44.4 Å². The zero-order valence-electron chi connectivity index (χ0n) is 22.0. The van der Waals surface area contributed by atoms with Gasteiger partial charge in [0.1, 0.15) is 30.5 Å². The number of furan rings is 1. The number of carbonyl (C=O) groups excluding carboxylic acids is 2. The summed E-state index contributed by atoms with van der Waals surface area (Å²) in [5, 5.41) is 51.5. The number of methoxy groups -OCH3 is 1. The lowest BCUT2D eigenvalue weighted by atomic mass is 9.46. The Morgan fingerprint density at radius 2 is 1.90 bits per heavy atom. The molecule has 2 saturated heterocycles. The fourth-order valence-corrected chi connectivity index (χ4v) is 7.32. The molecule has 5 N–H and O–H groups in total. The summed E-state index contributed by atoms with van der Waals surface area (Å²) in [6.45, 7) is 3.14. The number of rotatable bonds is 7. The maximum absolute atomic E-state index is 13.2. The van der Waals surface area contributed by atoms with Crippen molar-refractivity contribution in [1.82, 2.24) is 0 Å². The standard InChI is InChI=1S/C27H36O12/c1-26(9-16(12-4-5-36-11-12)37-25-22(32)21(31)20(30)17(10-28)38-25)14-8-19(39-24(14)34)27(2)15(23(33)35-3)6-13(29)7-18(26)27/h4-6,11,13-14,16-22,25,28-32H,7-10H2,1-3H3. The second kappa shape index (κ2) is 10.3. The summed E-state index contributed by atoms with van der Waals surface area (Å²) in [5.41, 5.74) is -1.02. The fourth-order valence-electron chi connectivity index (χ4n) is 7.32. The minimum absolute atomic E-state index is 0.162. The Morgan fingerprint density at radius 1 is 1.15 bits per heavy atom. The molecule has 2 bridgehead atoms. The van der Waals surface area contributed by atoms with Gasteiger partial charge in [-0.05, 0) is 42.7 Å². The second-order valence-corrected chi connectivity index (χ2v) is 11.5. The van der Waals surface area contributed by atoms with Gasteiger partial charge in [-0.25, -0.2) is 4.79 Å². The summed E-state index contributed by atoms with van der Waals surface area (Å²) >= 11 is 0. The van der Waals surface area contributed by atoms with E-state index in [9.17, 15) is 35.1 Å². The Morgan fingerprint density at radius 3 is 2.54 bits per heavy atom. The number of fused-ring (bicyclic) bond motifs is 4. The van der Waals surface area contributed by atoms with Crippen molar-refractivity contribution in [2.75, 3.05) is 13.7 Å².